The number of esters is 4. The van der Waals surface area contributed by atoms with Crippen molar-refractivity contribution in [2.24, 2.45) is 17.8 Å². The minimum Gasteiger partial charge on any atom is -0.462 e. The molecule has 19 heteroatoms. The number of hydrogen-bond donors (Lipinski definition) is 3. The average Bonchev–Trinajstić information content (AvgIpc) is 1.32. The number of rotatable bonds is 76. The Hall–Kier alpha value is -1.94. The molecule has 5 atom stereocenters. The third kappa shape index (κ3) is 72.2. The summed E-state index contributed by atoms with van der Waals surface area (Å²) in [6, 6.07) is 0. The molecule has 17 nitrogen and oxygen atoms in total. The fourth-order valence-corrected chi connectivity index (χ4v) is 13.5. The van der Waals surface area contributed by atoms with Crippen LogP contribution in [0, 0.1) is 17.8 Å². The van der Waals surface area contributed by atoms with Crippen molar-refractivity contribution < 1.29 is 80.2 Å². The molecule has 0 aliphatic carbocycles. The van der Waals surface area contributed by atoms with Crippen molar-refractivity contribution in [1.29, 1.82) is 0 Å². The van der Waals surface area contributed by atoms with Crippen molar-refractivity contribution >= 4 is 39.5 Å². The van der Waals surface area contributed by atoms with Gasteiger partial charge in [0.05, 0.1) is 26.4 Å². The lowest BCUT2D eigenvalue weighted by atomic mass is 10.0. The fourth-order valence-electron chi connectivity index (χ4n) is 12.0. The Kier molecular flexibility index (Phi) is 67.1. The lowest BCUT2D eigenvalue weighted by Crippen LogP contribution is -2.30. The van der Waals surface area contributed by atoms with Crippen LogP contribution in [0.15, 0.2) is 0 Å². The topological polar surface area (TPSA) is 237 Å². The van der Waals surface area contributed by atoms with Crippen molar-refractivity contribution in [3.05, 3.63) is 0 Å². The van der Waals surface area contributed by atoms with E-state index < -0.39 is 97.5 Å². The van der Waals surface area contributed by atoms with E-state index >= 15 is 0 Å². The van der Waals surface area contributed by atoms with Crippen molar-refractivity contribution in [2.45, 2.75) is 420 Å². The smallest absolute Gasteiger partial charge is 0.462 e. The van der Waals surface area contributed by atoms with E-state index in [0.717, 1.165) is 108 Å². The molecule has 0 bridgehead atoms. The number of carbonyl (C=O) groups is 4. The largest absolute Gasteiger partial charge is 0.472 e. The highest BCUT2D eigenvalue weighted by Crippen LogP contribution is 2.45. The second-order valence-corrected chi connectivity index (χ2v) is 32.4. The Bertz CT molecular complexity index is 1890. The van der Waals surface area contributed by atoms with Crippen molar-refractivity contribution in [2.75, 3.05) is 39.6 Å². The van der Waals surface area contributed by atoms with Gasteiger partial charge >= 0.3 is 39.5 Å². The van der Waals surface area contributed by atoms with Gasteiger partial charge in [-0.1, -0.05) is 350 Å². The Morgan fingerprint density at radius 2 is 0.474 bits per heavy atom. The van der Waals surface area contributed by atoms with Gasteiger partial charge in [-0.05, 0) is 43.4 Å². The normalized spacial score (nSPS) is 14.0. The average molecular weight is 1420 g/mol. The number of hydrogen-bond acceptors (Lipinski definition) is 15. The monoisotopic (exact) mass is 1420 g/mol. The van der Waals surface area contributed by atoms with Crippen LogP contribution < -0.4 is 0 Å². The van der Waals surface area contributed by atoms with Gasteiger partial charge in [0.25, 0.3) is 0 Å². The summed E-state index contributed by atoms with van der Waals surface area (Å²) in [5, 5.41) is 10.6. The summed E-state index contributed by atoms with van der Waals surface area (Å²) in [5.41, 5.74) is 0. The molecule has 0 saturated heterocycles. The zero-order valence-electron chi connectivity index (χ0n) is 63.5. The van der Waals surface area contributed by atoms with Crippen LogP contribution in [-0.4, -0.2) is 96.7 Å². The van der Waals surface area contributed by atoms with Crippen LogP contribution in [0.1, 0.15) is 402 Å². The maximum Gasteiger partial charge on any atom is 0.472 e. The zero-order valence-corrected chi connectivity index (χ0v) is 65.3. The van der Waals surface area contributed by atoms with Crippen LogP contribution >= 0.6 is 15.6 Å². The maximum atomic E-state index is 13.1. The Balaban J connectivity index is 5.21. The maximum absolute atomic E-state index is 13.1. The first kappa shape index (κ1) is 95.1. The first-order valence-electron chi connectivity index (χ1n) is 40.3. The highest BCUT2D eigenvalue weighted by molar-refractivity contribution is 7.47. The molecular formula is C78H152O17P2. The first-order chi connectivity index (χ1) is 46.7. The summed E-state index contributed by atoms with van der Waals surface area (Å²) < 4.78 is 68.5. The minimum absolute atomic E-state index is 0.104. The molecule has 0 saturated carbocycles. The Labute approximate surface area is 594 Å². The first-order valence-corrected chi connectivity index (χ1v) is 43.3. The summed E-state index contributed by atoms with van der Waals surface area (Å²) in [5.74, 6) is 0.0882. The molecule has 576 valence electrons. The molecule has 97 heavy (non-hydrogen) atoms. The van der Waals surface area contributed by atoms with Gasteiger partial charge in [-0.15, -0.1) is 0 Å². The van der Waals surface area contributed by atoms with E-state index in [2.05, 4.69) is 48.5 Å². The van der Waals surface area contributed by atoms with Gasteiger partial charge in [-0.25, -0.2) is 9.13 Å². The van der Waals surface area contributed by atoms with E-state index in [1.54, 1.807) is 0 Å². The molecule has 0 aliphatic heterocycles. The van der Waals surface area contributed by atoms with Gasteiger partial charge in [0, 0.05) is 25.7 Å². The third-order valence-electron chi connectivity index (χ3n) is 18.1. The summed E-state index contributed by atoms with van der Waals surface area (Å²) >= 11 is 0. The van der Waals surface area contributed by atoms with E-state index in [-0.39, 0.29) is 25.7 Å². The number of unbranched alkanes of at least 4 members (excludes halogenated alkanes) is 44. The van der Waals surface area contributed by atoms with Gasteiger partial charge < -0.3 is 33.8 Å². The van der Waals surface area contributed by atoms with Crippen molar-refractivity contribution in [1.82, 2.24) is 0 Å². The second-order valence-electron chi connectivity index (χ2n) is 29.5. The number of aliphatic hydroxyl groups excluding tert-OH is 1. The van der Waals surface area contributed by atoms with E-state index in [9.17, 15) is 43.2 Å². The van der Waals surface area contributed by atoms with E-state index in [0.29, 0.717) is 31.6 Å². The molecule has 0 radical (unpaired) electrons. The van der Waals surface area contributed by atoms with E-state index in [1.165, 1.54) is 205 Å². The third-order valence-corrected chi connectivity index (χ3v) is 20.0. The molecule has 0 aromatic heterocycles. The minimum atomic E-state index is -4.96. The molecule has 0 rings (SSSR count). The van der Waals surface area contributed by atoms with Crippen LogP contribution in [0.4, 0.5) is 0 Å². The predicted octanol–water partition coefficient (Wildman–Crippen LogP) is 23.0. The van der Waals surface area contributed by atoms with Gasteiger partial charge in [-0.3, -0.25) is 37.3 Å². The van der Waals surface area contributed by atoms with Gasteiger partial charge in [0.2, 0.25) is 0 Å². The molecule has 0 amide bonds. The van der Waals surface area contributed by atoms with Crippen LogP contribution in [0.5, 0.6) is 0 Å². The molecule has 0 aliphatic rings. The number of phosphoric acid groups is 2. The fraction of sp³-hybridized carbons (Fsp3) is 0.949. The lowest BCUT2D eigenvalue weighted by molar-refractivity contribution is -0.161. The highest BCUT2D eigenvalue weighted by Gasteiger charge is 2.30. The molecule has 3 N–H and O–H groups in total. The van der Waals surface area contributed by atoms with Crippen LogP contribution in [0.2, 0.25) is 0 Å². The summed E-state index contributed by atoms with van der Waals surface area (Å²) in [6.07, 6.45) is 55.8. The van der Waals surface area contributed by atoms with Gasteiger partial charge in [0.1, 0.15) is 19.3 Å². The van der Waals surface area contributed by atoms with E-state index in [4.69, 9.17) is 37.0 Å². The summed E-state index contributed by atoms with van der Waals surface area (Å²) in [4.78, 5) is 72.8. The Morgan fingerprint density at radius 3 is 0.701 bits per heavy atom. The van der Waals surface area contributed by atoms with E-state index in [1.807, 2.05) is 0 Å². The van der Waals surface area contributed by atoms with Gasteiger partial charge in [0.15, 0.2) is 12.2 Å². The Morgan fingerprint density at radius 1 is 0.278 bits per heavy atom. The highest BCUT2D eigenvalue weighted by atomic mass is 31.2. The predicted molar refractivity (Wildman–Crippen MR) is 395 cm³/mol. The number of ether oxygens (including phenoxy) is 4. The number of carbonyl (C=O) groups excluding carboxylic acids is 4. The lowest BCUT2D eigenvalue weighted by Gasteiger charge is -2.21. The number of aliphatic hydroxyl groups is 1. The van der Waals surface area contributed by atoms with Crippen LogP contribution in [0.3, 0.4) is 0 Å². The molecular weight excluding hydrogens is 1270 g/mol. The van der Waals surface area contributed by atoms with Gasteiger partial charge in [-0.2, -0.15) is 0 Å². The standard InChI is InChI=1S/C78H152O17P2/c1-8-9-10-11-12-13-14-15-16-17-18-19-20-21-24-28-33-38-47-54-61-77(82)94-73(65-88-75(80)59-52-45-37-32-27-25-22-23-26-30-35-42-49-56-69(2)3)67-92-96(84,85)90-63-72(79)64-91-97(86,87)93-68-74(66-89-76(81)60-53-46-41-40-44-51-58-71(6)7)95-78(83)62-55-48-39-34-29-31-36-43-50-57-70(4)5/h69-74,79H,8-68H2,1-7H3,(H,84,85)(H,86,87)/t72-,73-,74-/m1/s1. The SMILES string of the molecule is CCCCCCCCCCCCCCCCCCCCCCC(=O)O[C@H](COC(=O)CCCCCCCCCCCCCCCC(C)C)COP(=O)(O)OC[C@@H](O)COP(=O)(O)OC[C@@H](COC(=O)CCCCCCCCC(C)C)OC(=O)CCCCCCCCCCCC(C)C. The quantitative estimate of drug-likeness (QED) is 0.0222. The molecule has 2 unspecified atom stereocenters. The number of phosphoric ester groups is 2. The van der Waals surface area contributed by atoms with Crippen molar-refractivity contribution in [3.63, 3.8) is 0 Å². The summed E-state index contributed by atoms with van der Waals surface area (Å²) in [7, 11) is -9.91. The van der Waals surface area contributed by atoms with Crippen molar-refractivity contribution in [3.8, 4) is 0 Å². The van der Waals surface area contributed by atoms with Crippen LogP contribution in [-0.2, 0) is 65.4 Å². The summed E-state index contributed by atoms with van der Waals surface area (Å²) in [6.45, 7) is 11.8. The molecule has 0 aromatic rings. The zero-order chi connectivity index (χ0) is 71.6. The molecule has 0 fully saturated rings. The molecule has 0 heterocycles. The molecule has 0 aromatic carbocycles. The van der Waals surface area contributed by atoms with Crippen LogP contribution in [0.25, 0.3) is 0 Å². The second kappa shape index (κ2) is 68.5. The molecule has 0 spiro atoms.